The monoisotopic (exact) mass is 339 g/mol. The molecule has 2 aromatic heterocycles. The van der Waals surface area contributed by atoms with Crippen molar-refractivity contribution in [2.24, 2.45) is 0 Å². The zero-order valence-electron chi connectivity index (χ0n) is 15.2. The molecule has 2 atom stereocenters. The van der Waals surface area contributed by atoms with Gasteiger partial charge in [0.15, 0.2) is 0 Å². The van der Waals surface area contributed by atoms with E-state index in [1.165, 1.54) is 5.56 Å². The molecule has 25 heavy (non-hydrogen) atoms. The average molecular weight is 339 g/mol. The van der Waals surface area contributed by atoms with Gasteiger partial charge >= 0.3 is 0 Å². The first kappa shape index (κ1) is 17.2. The van der Waals surface area contributed by atoms with E-state index in [1.807, 2.05) is 35.3 Å². The summed E-state index contributed by atoms with van der Waals surface area (Å²) in [6.45, 7) is 7.13. The Balaban J connectivity index is 1.69. The number of nitrogens with one attached hydrogen (secondary N) is 2. The molecule has 0 bridgehead atoms. The summed E-state index contributed by atoms with van der Waals surface area (Å²) in [5, 5.41) is 15.3. The highest BCUT2D eigenvalue weighted by atomic mass is 16.5. The van der Waals surface area contributed by atoms with Gasteiger partial charge in [-0.15, -0.1) is 0 Å². The summed E-state index contributed by atoms with van der Waals surface area (Å²) in [6.07, 6.45) is 5.83. The predicted molar refractivity (Wildman–Crippen MR) is 98.6 cm³/mol. The topological polar surface area (TPSA) is 67.8 Å². The molecule has 0 aliphatic heterocycles. The number of hydrogen-bond acceptors (Lipinski definition) is 4. The number of ether oxygens (including phenoxy) is 1. The highest BCUT2D eigenvalue weighted by molar-refractivity contribution is 5.64. The third-order valence-electron chi connectivity index (χ3n) is 4.56. The number of hydrogen-bond donors (Lipinski definition) is 2. The van der Waals surface area contributed by atoms with Crippen molar-refractivity contribution in [1.82, 2.24) is 25.3 Å². The molecule has 0 saturated heterocycles. The lowest BCUT2D eigenvalue weighted by Gasteiger charge is -2.22. The summed E-state index contributed by atoms with van der Waals surface area (Å²) in [4.78, 5) is 0. The molecule has 0 aliphatic rings. The number of nitrogens with zero attached hydrogens (tertiary/aromatic N) is 3. The number of aromatic nitrogens is 4. The van der Waals surface area contributed by atoms with Crippen LogP contribution in [0, 0.1) is 6.92 Å². The Morgan fingerprint density at radius 3 is 2.84 bits per heavy atom. The molecule has 0 aliphatic carbocycles. The Labute approximate surface area is 148 Å². The summed E-state index contributed by atoms with van der Waals surface area (Å²) < 4.78 is 7.32. The lowest BCUT2D eigenvalue weighted by Crippen LogP contribution is -2.33. The van der Waals surface area contributed by atoms with Crippen molar-refractivity contribution in [3.63, 3.8) is 0 Å². The van der Waals surface area contributed by atoms with E-state index in [0.29, 0.717) is 0 Å². The second-order valence-electron chi connectivity index (χ2n) is 6.41. The van der Waals surface area contributed by atoms with Gasteiger partial charge in [0, 0.05) is 29.9 Å². The van der Waals surface area contributed by atoms with Crippen molar-refractivity contribution in [1.29, 1.82) is 0 Å². The van der Waals surface area contributed by atoms with Gasteiger partial charge in [0.05, 0.1) is 31.2 Å². The molecule has 2 heterocycles. The quantitative estimate of drug-likeness (QED) is 0.693. The fourth-order valence-electron chi connectivity index (χ4n) is 2.80. The molecule has 1 aromatic carbocycles. The molecule has 0 radical (unpaired) electrons. The summed E-state index contributed by atoms with van der Waals surface area (Å²) in [7, 11) is 1.68. The van der Waals surface area contributed by atoms with E-state index in [2.05, 4.69) is 53.6 Å². The number of aryl methyl sites for hydroxylation is 1. The molecular weight excluding hydrogens is 314 g/mol. The summed E-state index contributed by atoms with van der Waals surface area (Å²) >= 11 is 0. The van der Waals surface area contributed by atoms with Crippen LogP contribution in [0.15, 0.2) is 42.9 Å². The second kappa shape index (κ2) is 7.53. The van der Waals surface area contributed by atoms with Crippen molar-refractivity contribution in [2.75, 3.05) is 7.11 Å². The molecule has 6 nitrogen and oxygen atoms in total. The zero-order chi connectivity index (χ0) is 17.8. The number of rotatable bonds is 7. The van der Waals surface area contributed by atoms with Gasteiger partial charge in [0.25, 0.3) is 0 Å². The van der Waals surface area contributed by atoms with E-state index in [1.54, 1.807) is 7.11 Å². The van der Waals surface area contributed by atoms with Gasteiger partial charge in [0.1, 0.15) is 5.75 Å². The first-order chi connectivity index (χ1) is 12.1. The lowest BCUT2D eigenvalue weighted by molar-refractivity contribution is 0.365. The van der Waals surface area contributed by atoms with Crippen LogP contribution in [0.1, 0.15) is 31.0 Å². The van der Waals surface area contributed by atoms with Gasteiger partial charge in [-0.1, -0.05) is 12.1 Å². The molecule has 2 N–H and O–H groups in total. The van der Waals surface area contributed by atoms with Gasteiger partial charge in [-0.05, 0) is 38.5 Å². The fourth-order valence-corrected chi connectivity index (χ4v) is 2.80. The minimum atomic E-state index is 0.265. The van der Waals surface area contributed by atoms with E-state index in [0.717, 1.165) is 29.1 Å². The average Bonchev–Trinajstić information content (AvgIpc) is 3.28. The minimum Gasteiger partial charge on any atom is -0.497 e. The van der Waals surface area contributed by atoms with Crippen LogP contribution in [0.3, 0.4) is 0 Å². The number of aromatic amines is 1. The highest BCUT2D eigenvalue weighted by Gasteiger charge is 2.16. The number of H-pyrrole nitrogens is 1. The van der Waals surface area contributed by atoms with E-state index >= 15 is 0 Å². The standard InChI is InChI=1S/C19H25N5O/c1-13-9-22-24(12-13)15(3)14(2)20-10-17-11-21-23-19(17)16-6-5-7-18(8-16)25-4/h5-9,11-12,14-15,20H,10H2,1-4H3,(H,21,23). The van der Waals surface area contributed by atoms with Crippen molar-refractivity contribution in [3.8, 4) is 17.0 Å². The second-order valence-corrected chi connectivity index (χ2v) is 6.41. The molecule has 0 spiro atoms. The molecule has 0 fully saturated rings. The Bertz CT molecular complexity index is 823. The van der Waals surface area contributed by atoms with Crippen molar-refractivity contribution in [3.05, 3.63) is 54.0 Å². The molecule has 3 rings (SSSR count). The van der Waals surface area contributed by atoms with E-state index < -0.39 is 0 Å². The Kier molecular flexibility index (Phi) is 5.19. The fraction of sp³-hybridized carbons (Fsp3) is 0.368. The molecule has 6 heteroatoms. The largest absolute Gasteiger partial charge is 0.497 e. The molecule has 3 aromatic rings. The van der Waals surface area contributed by atoms with Crippen molar-refractivity contribution in [2.45, 2.75) is 39.4 Å². The van der Waals surface area contributed by atoms with E-state index in [9.17, 15) is 0 Å². The Morgan fingerprint density at radius 2 is 2.12 bits per heavy atom. The van der Waals surface area contributed by atoms with Crippen molar-refractivity contribution >= 4 is 0 Å². The van der Waals surface area contributed by atoms with Crippen LogP contribution < -0.4 is 10.1 Å². The van der Waals surface area contributed by atoms with Crippen LogP contribution in [0.25, 0.3) is 11.3 Å². The summed E-state index contributed by atoms with van der Waals surface area (Å²) in [5.74, 6) is 0.835. The third kappa shape index (κ3) is 3.91. The highest BCUT2D eigenvalue weighted by Crippen LogP contribution is 2.25. The van der Waals surface area contributed by atoms with Crippen LogP contribution >= 0.6 is 0 Å². The van der Waals surface area contributed by atoms with Gasteiger partial charge in [-0.3, -0.25) is 9.78 Å². The van der Waals surface area contributed by atoms with E-state index in [4.69, 9.17) is 4.74 Å². The molecule has 0 saturated carbocycles. The zero-order valence-corrected chi connectivity index (χ0v) is 15.2. The van der Waals surface area contributed by atoms with Crippen LogP contribution in [0.5, 0.6) is 5.75 Å². The van der Waals surface area contributed by atoms with Crippen LogP contribution in [-0.2, 0) is 6.54 Å². The lowest BCUT2D eigenvalue weighted by atomic mass is 10.1. The van der Waals surface area contributed by atoms with Gasteiger partial charge in [0.2, 0.25) is 0 Å². The van der Waals surface area contributed by atoms with Crippen LogP contribution in [-0.4, -0.2) is 33.1 Å². The maximum absolute atomic E-state index is 5.31. The van der Waals surface area contributed by atoms with Gasteiger partial charge in [-0.2, -0.15) is 10.2 Å². The SMILES string of the molecule is COc1cccc(-c2[nH]ncc2CNC(C)C(C)n2cc(C)cn2)c1. The van der Waals surface area contributed by atoms with Gasteiger partial charge < -0.3 is 10.1 Å². The van der Waals surface area contributed by atoms with Crippen LogP contribution in [0.2, 0.25) is 0 Å². The smallest absolute Gasteiger partial charge is 0.119 e. The number of benzene rings is 1. The maximum Gasteiger partial charge on any atom is 0.119 e. The molecule has 2 unspecified atom stereocenters. The summed E-state index contributed by atoms with van der Waals surface area (Å²) in [5.41, 5.74) is 4.39. The van der Waals surface area contributed by atoms with Gasteiger partial charge in [-0.25, -0.2) is 0 Å². The normalized spacial score (nSPS) is 13.6. The Morgan fingerprint density at radius 1 is 1.28 bits per heavy atom. The van der Waals surface area contributed by atoms with E-state index in [-0.39, 0.29) is 12.1 Å². The van der Waals surface area contributed by atoms with Crippen LogP contribution in [0.4, 0.5) is 0 Å². The Hall–Kier alpha value is -2.60. The predicted octanol–water partition coefficient (Wildman–Crippen LogP) is 3.33. The number of methoxy groups -OCH3 is 1. The first-order valence-corrected chi connectivity index (χ1v) is 8.49. The minimum absolute atomic E-state index is 0.265. The van der Waals surface area contributed by atoms with Crippen molar-refractivity contribution < 1.29 is 4.74 Å². The molecule has 132 valence electrons. The maximum atomic E-state index is 5.31. The summed E-state index contributed by atoms with van der Waals surface area (Å²) in [6, 6.07) is 8.52. The third-order valence-corrected chi connectivity index (χ3v) is 4.56. The molecular formula is C19H25N5O. The first-order valence-electron chi connectivity index (χ1n) is 8.49. The molecule has 0 amide bonds.